The van der Waals surface area contributed by atoms with Gasteiger partial charge in [0.1, 0.15) is 11.9 Å². The van der Waals surface area contributed by atoms with Gasteiger partial charge in [0.2, 0.25) is 5.84 Å². The molecule has 80 valence electrons. The number of rotatable bonds is 2. The fraction of sp³-hybridized carbons (Fsp3) is 0.417. The van der Waals surface area contributed by atoms with Crippen LogP contribution in [0.2, 0.25) is 0 Å². The summed E-state index contributed by atoms with van der Waals surface area (Å²) in [6.45, 7) is 3.14. The molecule has 3 heteroatoms. The Hall–Kier alpha value is -1.38. The molecule has 1 aromatic carbocycles. The highest BCUT2D eigenvalue weighted by Gasteiger charge is 2.16. The summed E-state index contributed by atoms with van der Waals surface area (Å²) in [5.74, 6) is 1.02. The summed E-state index contributed by atoms with van der Waals surface area (Å²) in [5.41, 5.74) is 1.11. The number of nitrogens with one attached hydrogen (secondary N) is 2. The summed E-state index contributed by atoms with van der Waals surface area (Å²) >= 11 is 0. The van der Waals surface area contributed by atoms with Crippen molar-refractivity contribution in [3.05, 3.63) is 35.6 Å². The Morgan fingerprint density at radius 1 is 1.33 bits per heavy atom. The molecule has 1 aliphatic heterocycles. The fourth-order valence-electron chi connectivity index (χ4n) is 1.81. The summed E-state index contributed by atoms with van der Waals surface area (Å²) < 4.78 is 12.7. The minimum absolute atomic E-state index is 0.183. The summed E-state index contributed by atoms with van der Waals surface area (Å²) in [6.07, 6.45) is 2.28. The highest BCUT2D eigenvalue weighted by Crippen LogP contribution is 2.12. The van der Waals surface area contributed by atoms with Crippen molar-refractivity contribution in [2.45, 2.75) is 25.8 Å². The highest BCUT2D eigenvalue weighted by molar-refractivity contribution is 5.77. The van der Waals surface area contributed by atoms with Gasteiger partial charge in [0.15, 0.2) is 0 Å². The lowest BCUT2D eigenvalue weighted by Gasteiger charge is -2.09. The van der Waals surface area contributed by atoms with E-state index in [9.17, 15) is 4.39 Å². The number of benzene rings is 1. The Labute approximate surface area is 89.2 Å². The lowest BCUT2D eigenvalue weighted by Crippen LogP contribution is -2.72. The van der Waals surface area contributed by atoms with E-state index in [4.69, 9.17) is 0 Å². The molecule has 0 aliphatic carbocycles. The average Bonchev–Trinajstić information content (AvgIpc) is 2.71. The molecule has 1 heterocycles. The maximum absolute atomic E-state index is 12.7. The summed E-state index contributed by atoms with van der Waals surface area (Å²) in [7, 11) is 0. The smallest absolute Gasteiger partial charge is 0.243 e. The van der Waals surface area contributed by atoms with Crippen molar-refractivity contribution in [2.24, 2.45) is 0 Å². The molecule has 1 aromatic rings. The Morgan fingerprint density at radius 3 is 2.67 bits per heavy atom. The molecule has 0 aromatic heterocycles. The molecule has 0 bridgehead atoms. The quantitative estimate of drug-likeness (QED) is 0.735. The van der Waals surface area contributed by atoms with Gasteiger partial charge < -0.3 is 0 Å². The van der Waals surface area contributed by atoms with E-state index in [2.05, 4.69) is 17.2 Å². The molecule has 0 saturated heterocycles. The number of hydrogen-bond donors (Lipinski definition) is 2. The van der Waals surface area contributed by atoms with Crippen LogP contribution >= 0.6 is 0 Å². The van der Waals surface area contributed by atoms with Gasteiger partial charge in [0.25, 0.3) is 0 Å². The zero-order valence-electron chi connectivity index (χ0n) is 8.89. The molecule has 2 nitrogen and oxygen atoms in total. The normalized spacial score (nSPS) is 17.3. The van der Waals surface area contributed by atoms with Crippen LogP contribution in [0, 0.1) is 5.82 Å². The zero-order valence-corrected chi connectivity index (χ0v) is 8.89. The Balaban J connectivity index is 2.00. The topological polar surface area (TPSA) is 26.0 Å². The van der Waals surface area contributed by atoms with Gasteiger partial charge in [-0.2, -0.15) is 0 Å². The average molecular weight is 207 g/mol. The molecule has 0 amide bonds. The van der Waals surface area contributed by atoms with Crippen molar-refractivity contribution in [3.63, 3.8) is 0 Å². The summed E-state index contributed by atoms with van der Waals surface area (Å²) in [6, 6.07) is 6.87. The molecule has 1 aliphatic rings. The number of halogens is 1. The minimum Gasteiger partial charge on any atom is -0.279 e. The van der Waals surface area contributed by atoms with Crippen LogP contribution in [0.4, 0.5) is 4.39 Å². The minimum atomic E-state index is -0.183. The van der Waals surface area contributed by atoms with Crippen LogP contribution in [-0.4, -0.2) is 12.4 Å². The molecule has 0 fully saturated rings. The van der Waals surface area contributed by atoms with E-state index < -0.39 is 0 Å². The van der Waals surface area contributed by atoms with Gasteiger partial charge in [0, 0.05) is 0 Å². The number of hydrogen-bond acceptors (Lipinski definition) is 1. The maximum atomic E-state index is 12.7. The van der Waals surface area contributed by atoms with E-state index in [1.807, 2.05) is 12.1 Å². The van der Waals surface area contributed by atoms with Gasteiger partial charge in [-0.3, -0.25) is 10.3 Å². The molecule has 2 N–H and O–H groups in total. The SMILES string of the molecule is C[C@@H](NC1=[NH+]CCC1)c1ccc(F)cc1. The van der Waals surface area contributed by atoms with E-state index in [0.717, 1.165) is 18.5 Å². The second kappa shape index (κ2) is 4.43. The first kappa shape index (κ1) is 10.1. The first-order chi connectivity index (χ1) is 7.25. The third kappa shape index (κ3) is 2.55. The van der Waals surface area contributed by atoms with Crippen molar-refractivity contribution in [3.8, 4) is 0 Å². The highest BCUT2D eigenvalue weighted by atomic mass is 19.1. The summed E-state index contributed by atoms with van der Waals surface area (Å²) in [5, 5.41) is 3.40. The Kier molecular flexibility index (Phi) is 2.99. The van der Waals surface area contributed by atoms with Crippen LogP contribution in [0.3, 0.4) is 0 Å². The second-order valence-corrected chi connectivity index (χ2v) is 3.93. The van der Waals surface area contributed by atoms with Crippen LogP contribution in [0.5, 0.6) is 0 Å². The van der Waals surface area contributed by atoms with Crippen molar-refractivity contribution < 1.29 is 9.38 Å². The number of amidine groups is 1. The molecule has 0 spiro atoms. The Bertz CT molecular complexity index is 356. The maximum Gasteiger partial charge on any atom is 0.243 e. The van der Waals surface area contributed by atoms with Crippen LogP contribution in [0.25, 0.3) is 0 Å². The molecule has 2 rings (SSSR count). The monoisotopic (exact) mass is 207 g/mol. The van der Waals surface area contributed by atoms with E-state index in [1.165, 1.54) is 24.4 Å². The van der Waals surface area contributed by atoms with Crippen LogP contribution < -0.4 is 10.3 Å². The van der Waals surface area contributed by atoms with E-state index in [-0.39, 0.29) is 11.9 Å². The van der Waals surface area contributed by atoms with Crippen molar-refractivity contribution in [1.82, 2.24) is 5.32 Å². The van der Waals surface area contributed by atoms with Crippen molar-refractivity contribution in [2.75, 3.05) is 6.54 Å². The first-order valence-corrected chi connectivity index (χ1v) is 5.37. The van der Waals surface area contributed by atoms with Crippen molar-refractivity contribution >= 4 is 5.84 Å². The van der Waals surface area contributed by atoms with E-state index >= 15 is 0 Å². The standard InChI is InChI=1S/C12H15FN2/c1-9(15-12-3-2-8-14-12)10-4-6-11(13)7-5-10/h4-7,9H,2-3,8H2,1H3,(H,14,15)/p+1/t9-/m1/s1. The molecule has 1 atom stereocenters. The van der Waals surface area contributed by atoms with Crippen LogP contribution in [-0.2, 0) is 0 Å². The van der Waals surface area contributed by atoms with Gasteiger partial charge in [-0.1, -0.05) is 12.1 Å². The molecule has 15 heavy (non-hydrogen) atoms. The third-order valence-corrected chi connectivity index (χ3v) is 2.70. The van der Waals surface area contributed by atoms with Gasteiger partial charge in [-0.25, -0.2) is 4.39 Å². The fourth-order valence-corrected chi connectivity index (χ4v) is 1.81. The molecular formula is C12H16FN2+. The van der Waals surface area contributed by atoms with Gasteiger partial charge >= 0.3 is 0 Å². The Morgan fingerprint density at radius 2 is 2.07 bits per heavy atom. The second-order valence-electron chi connectivity index (χ2n) is 3.93. The molecule has 0 unspecified atom stereocenters. The van der Waals surface area contributed by atoms with Crippen LogP contribution in [0.15, 0.2) is 24.3 Å². The lowest BCUT2D eigenvalue weighted by atomic mass is 10.1. The van der Waals surface area contributed by atoms with Gasteiger partial charge in [-0.15, -0.1) is 0 Å². The third-order valence-electron chi connectivity index (χ3n) is 2.70. The molecule has 0 saturated carbocycles. The van der Waals surface area contributed by atoms with E-state index in [1.54, 1.807) is 0 Å². The predicted molar refractivity (Wildman–Crippen MR) is 58.0 cm³/mol. The predicted octanol–water partition coefficient (Wildman–Crippen LogP) is 0.749. The molecular weight excluding hydrogens is 191 g/mol. The van der Waals surface area contributed by atoms with Gasteiger partial charge in [-0.05, 0) is 31.0 Å². The van der Waals surface area contributed by atoms with Crippen LogP contribution in [0.1, 0.15) is 31.4 Å². The molecule has 0 radical (unpaired) electrons. The van der Waals surface area contributed by atoms with Gasteiger partial charge in [0.05, 0.1) is 13.0 Å². The largest absolute Gasteiger partial charge is 0.279 e. The van der Waals surface area contributed by atoms with Crippen molar-refractivity contribution in [1.29, 1.82) is 0 Å². The first-order valence-electron chi connectivity index (χ1n) is 5.37. The summed E-state index contributed by atoms with van der Waals surface area (Å²) in [4.78, 5) is 3.30. The lowest BCUT2D eigenvalue weighted by molar-refractivity contribution is -0.449. The zero-order chi connectivity index (χ0) is 10.7. The van der Waals surface area contributed by atoms with E-state index in [0.29, 0.717) is 0 Å².